The van der Waals surface area contributed by atoms with Crippen molar-refractivity contribution in [3.63, 3.8) is 0 Å². The molecule has 4 heteroatoms. The number of pyridine rings is 1. The van der Waals surface area contributed by atoms with Crippen molar-refractivity contribution in [3.8, 4) is 0 Å². The molecule has 19 heavy (non-hydrogen) atoms. The minimum atomic E-state index is 0.248. The van der Waals surface area contributed by atoms with Crippen LogP contribution in [0.25, 0.3) is 0 Å². The van der Waals surface area contributed by atoms with E-state index < -0.39 is 0 Å². The van der Waals surface area contributed by atoms with E-state index in [1.165, 1.54) is 5.56 Å². The fraction of sp³-hybridized carbons (Fsp3) is 0.667. The minimum Gasteiger partial charge on any atom is -0.380 e. The summed E-state index contributed by atoms with van der Waals surface area (Å²) in [5.41, 5.74) is 8.23. The fourth-order valence-corrected chi connectivity index (χ4v) is 2.82. The van der Waals surface area contributed by atoms with Crippen LogP contribution in [0.2, 0.25) is 0 Å². The number of aromatic nitrogens is 1. The zero-order valence-corrected chi connectivity index (χ0v) is 12.2. The molecule has 1 aliphatic heterocycles. The molecule has 1 saturated heterocycles. The van der Waals surface area contributed by atoms with Crippen molar-refractivity contribution in [1.29, 1.82) is 0 Å². The lowest BCUT2D eigenvalue weighted by atomic mass is 9.93. The number of ether oxygens (including phenoxy) is 1. The van der Waals surface area contributed by atoms with E-state index in [4.69, 9.17) is 10.5 Å². The summed E-state index contributed by atoms with van der Waals surface area (Å²) in [6.45, 7) is 6.92. The molecule has 0 aromatic carbocycles. The Morgan fingerprint density at radius 1 is 1.53 bits per heavy atom. The summed E-state index contributed by atoms with van der Waals surface area (Å²) in [5.74, 6) is 0.621. The summed E-state index contributed by atoms with van der Waals surface area (Å²) >= 11 is 0. The Bertz CT molecular complexity index is 393. The molecule has 0 amide bonds. The number of methoxy groups -OCH3 is 1. The van der Waals surface area contributed by atoms with Crippen LogP contribution in [0.15, 0.2) is 18.3 Å². The van der Waals surface area contributed by atoms with Gasteiger partial charge in [-0.3, -0.25) is 9.88 Å². The lowest BCUT2D eigenvalue weighted by Crippen LogP contribution is -2.47. The first-order valence-corrected chi connectivity index (χ1v) is 7.05. The van der Waals surface area contributed by atoms with Crippen LogP contribution in [-0.2, 0) is 4.74 Å². The highest BCUT2D eigenvalue weighted by Gasteiger charge is 2.30. The van der Waals surface area contributed by atoms with E-state index in [0.29, 0.717) is 18.6 Å². The maximum absolute atomic E-state index is 5.98. The molecule has 0 bridgehead atoms. The standard InChI is InChI=1S/C15H25N3O/c1-11-6-7-18(10-15(11)19-3)14(8-16)13-5-4-12(2)17-9-13/h4-5,9,11,14-15H,6-8,10,16H2,1-3H3. The molecule has 3 atom stereocenters. The molecular formula is C15H25N3O. The van der Waals surface area contributed by atoms with Crippen LogP contribution in [0.1, 0.15) is 30.6 Å². The minimum absolute atomic E-state index is 0.248. The third kappa shape index (κ3) is 3.32. The zero-order chi connectivity index (χ0) is 13.8. The Morgan fingerprint density at radius 3 is 2.89 bits per heavy atom. The molecule has 0 radical (unpaired) electrons. The fourth-order valence-electron chi connectivity index (χ4n) is 2.82. The van der Waals surface area contributed by atoms with Gasteiger partial charge in [0.05, 0.1) is 6.10 Å². The average molecular weight is 263 g/mol. The van der Waals surface area contributed by atoms with Gasteiger partial charge in [0.1, 0.15) is 0 Å². The molecular weight excluding hydrogens is 238 g/mol. The van der Waals surface area contributed by atoms with Gasteiger partial charge in [-0.15, -0.1) is 0 Å². The number of hydrogen-bond donors (Lipinski definition) is 1. The normalized spacial score (nSPS) is 26.3. The predicted octanol–water partition coefficient (Wildman–Crippen LogP) is 1.75. The van der Waals surface area contributed by atoms with E-state index in [9.17, 15) is 0 Å². The largest absolute Gasteiger partial charge is 0.380 e. The zero-order valence-electron chi connectivity index (χ0n) is 12.2. The van der Waals surface area contributed by atoms with Crippen LogP contribution >= 0.6 is 0 Å². The Labute approximate surface area is 116 Å². The smallest absolute Gasteiger partial charge is 0.0724 e. The van der Waals surface area contributed by atoms with Crippen molar-refractivity contribution in [2.45, 2.75) is 32.4 Å². The molecule has 1 fully saturated rings. The molecule has 2 heterocycles. The first-order valence-electron chi connectivity index (χ1n) is 7.05. The van der Waals surface area contributed by atoms with Crippen LogP contribution in [0, 0.1) is 12.8 Å². The summed E-state index contributed by atoms with van der Waals surface area (Å²) in [7, 11) is 1.80. The second-order valence-electron chi connectivity index (χ2n) is 5.52. The summed E-state index contributed by atoms with van der Waals surface area (Å²) in [5, 5.41) is 0. The summed E-state index contributed by atoms with van der Waals surface area (Å²) in [6.07, 6.45) is 3.42. The van der Waals surface area contributed by atoms with E-state index in [1.807, 2.05) is 13.1 Å². The van der Waals surface area contributed by atoms with E-state index in [2.05, 4.69) is 28.9 Å². The first-order chi connectivity index (χ1) is 9.15. The number of nitrogens with zero attached hydrogens (tertiary/aromatic N) is 2. The van der Waals surface area contributed by atoms with Crippen LogP contribution in [-0.4, -0.2) is 42.7 Å². The van der Waals surface area contributed by atoms with Crippen molar-refractivity contribution in [3.05, 3.63) is 29.6 Å². The van der Waals surface area contributed by atoms with E-state index in [0.717, 1.165) is 25.2 Å². The molecule has 2 N–H and O–H groups in total. The maximum atomic E-state index is 5.98. The highest BCUT2D eigenvalue weighted by molar-refractivity contribution is 5.18. The topological polar surface area (TPSA) is 51.4 Å². The van der Waals surface area contributed by atoms with Crippen molar-refractivity contribution in [2.75, 3.05) is 26.7 Å². The van der Waals surface area contributed by atoms with Gasteiger partial charge < -0.3 is 10.5 Å². The Kier molecular flexibility index (Phi) is 4.91. The molecule has 1 aromatic rings. The number of rotatable bonds is 4. The summed E-state index contributed by atoms with van der Waals surface area (Å²) in [4.78, 5) is 6.81. The molecule has 2 rings (SSSR count). The van der Waals surface area contributed by atoms with Crippen LogP contribution < -0.4 is 5.73 Å². The van der Waals surface area contributed by atoms with Crippen LogP contribution in [0.3, 0.4) is 0 Å². The maximum Gasteiger partial charge on any atom is 0.0724 e. The SMILES string of the molecule is COC1CN(C(CN)c2ccc(C)nc2)CCC1C. The van der Waals surface area contributed by atoms with Gasteiger partial charge in [0, 0.05) is 38.1 Å². The lowest BCUT2D eigenvalue weighted by molar-refractivity contribution is -0.0183. The van der Waals surface area contributed by atoms with Gasteiger partial charge in [0.25, 0.3) is 0 Å². The molecule has 0 aliphatic carbocycles. The third-order valence-electron chi connectivity index (χ3n) is 4.21. The second kappa shape index (κ2) is 6.46. The number of aryl methyl sites for hydroxylation is 1. The number of nitrogens with two attached hydrogens (primary N) is 1. The number of hydrogen-bond acceptors (Lipinski definition) is 4. The lowest BCUT2D eigenvalue weighted by Gasteiger charge is -2.40. The van der Waals surface area contributed by atoms with Gasteiger partial charge in [-0.05, 0) is 37.4 Å². The summed E-state index contributed by atoms with van der Waals surface area (Å²) < 4.78 is 5.59. The molecule has 1 aliphatic rings. The van der Waals surface area contributed by atoms with Gasteiger partial charge in [-0.25, -0.2) is 0 Å². The Balaban J connectivity index is 2.11. The quantitative estimate of drug-likeness (QED) is 0.899. The van der Waals surface area contributed by atoms with Gasteiger partial charge in [-0.1, -0.05) is 13.0 Å². The van der Waals surface area contributed by atoms with E-state index >= 15 is 0 Å². The van der Waals surface area contributed by atoms with Crippen molar-refractivity contribution >= 4 is 0 Å². The average Bonchev–Trinajstić information content (AvgIpc) is 2.43. The van der Waals surface area contributed by atoms with Gasteiger partial charge in [-0.2, -0.15) is 0 Å². The molecule has 0 spiro atoms. The third-order valence-corrected chi connectivity index (χ3v) is 4.21. The monoisotopic (exact) mass is 263 g/mol. The molecule has 4 nitrogen and oxygen atoms in total. The second-order valence-corrected chi connectivity index (χ2v) is 5.52. The van der Waals surface area contributed by atoms with Crippen molar-refractivity contribution in [1.82, 2.24) is 9.88 Å². The number of likely N-dealkylation sites (tertiary alicyclic amines) is 1. The molecule has 106 valence electrons. The van der Waals surface area contributed by atoms with Gasteiger partial charge >= 0.3 is 0 Å². The van der Waals surface area contributed by atoms with Crippen molar-refractivity contribution < 1.29 is 4.74 Å². The van der Waals surface area contributed by atoms with Gasteiger partial charge in [0.2, 0.25) is 0 Å². The first kappa shape index (κ1) is 14.4. The highest BCUT2D eigenvalue weighted by Crippen LogP contribution is 2.27. The summed E-state index contributed by atoms with van der Waals surface area (Å²) in [6, 6.07) is 4.44. The van der Waals surface area contributed by atoms with Crippen LogP contribution in [0.4, 0.5) is 0 Å². The molecule has 0 saturated carbocycles. The molecule has 1 aromatic heterocycles. The van der Waals surface area contributed by atoms with E-state index in [1.54, 1.807) is 7.11 Å². The predicted molar refractivity (Wildman–Crippen MR) is 76.9 cm³/mol. The Morgan fingerprint density at radius 2 is 2.32 bits per heavy atom. The highest BCUT2D eigenvalue weighted by atomic mass is 16.5. The number of piperidine rings is 1. The molecule has 3 unspecified atom stereocenters. The Hall–Kier alpha value is -0.970. The van der Waals surface area contributed by atoms with Crippen molar-refractivity contribution in [2.24, 2.45) is 11.7 Å². The van der Waals surface area contributed by atoms with Gasteiger partial charge in [0.15, 0.2) is 0 Å². The van der Waals surface area contributed by atoms with Crippen LogP contribution in [0.5, 0.6) is 0 Å². The van der Waals surface area contributed by atoms with E-state index in [-0.39, 0.29) is 6.04 Å².